The molecule has 0 unspecified atom stereocenters. The first-order chi connectivity index (χ1) is 10.2. The number of amides is 1. The molecule has 0 atom stereocenters. The Balaban J connectivity index is 1.70. The van der Waals surface area contributed by atoms with Crippen molar-refractivity contribution in [1.82, 2.24) is 0 Å². The largest absolute Gasteiger partial charge is 0.497 e. The van der Waals surface area contributed by atoms with Gasteiger partial charge in [-0.15, -0.1) is 11.8 Å². The van der Waals surface area contributed by atoms with Crippen LogP contribution < -0.4 is 15.4 Å². The van der Waals surface area contributed by atoms with Crippen molar-refractivity contribution in [3.05, 3.63) is 48.0 Å². The van der Waals surface area contributed by atoms with Gasteiger partial charge in [0.1, 0.15) is 5.75 Å². The Morgan fingerprint density at radius 1 is 1.29 bits per heavy atom. The topological polar surface area (TPSA) is 50.4 Å². The molecular weight excluding hydrogens is 284 g/mol. The third-order valence-corrected chi connectivity index (χ3v) is 4.32. The molecule has 108 valence electrons. The standard InChI is InChI=1S/C16H16N2O2S/c1-20-13-4-2-3-11(7-13)9-17-12-5-6-15-14(8-12)18-16(19)10-21-15/h2-8,17H,9-10H2,1H3,(H,18,19). The van der Waals surface area contributed by atoms with Crippen LogP contribution in [0.3, 0.4) is 0 Å². The summed E-state index contributed by atoms with van der Waals surface area (Å²) in [6, 6.07) is 14.0. The van der Waals surface area contributed by atoms with Crippen molar-refractivity contribution >= 4 is 29.0 Å². The summed E-state index contributed by atoms with van der Waals surface area (Å²) in [5, 5.41) is 6.26. The predicted octanol–water partition coefficient (Wildman–Crippen LogP) is 3.35. The van der Waals surface area contributed by atoms with Gasteiger partial charge in [-0.05, 0) is 35.9 Å². The van der Waals surface area contributed by atoms with Crippen molar-refractivity contribution in [2.75, 3.05) is 23.5 Å². The molecule has 4 nitrogen and oxygen atoms in total. The van der Waals surface area contributed by atoms with E-state index in [2.05, 4.69) is 10.6 Å². The first-order valence-electron chi connectivity index (χ1n) is 6.68. The third kappa shape index (κ3) is 3.31. The maximum Gasteiger partial charge on any atom is 0.234 e. The Morgan fingerprint density at radius 3 is 3.05 bits per heavy atom. The number of nitrogens with one attached hydrogen (secondary N) is 2. The fourth-order valence-electron chi connectivity index (χ4n) is 2.18. The van der Waals surface area contributed by atoms with Crippen LogP contribution in [0.2, 0.25) is 0 Å². The highest BCUT2D eigenvalue weighted by Gasteiger charge is 2.15. The number of thioether (sulfide) groups is 1. The molecule has 1 aliphatic rings. The van der Waals surface area contributed by atoms with Gasteiger partial charge in [0.2, 0.25) is 5.91 Å². The van der Waals surface area contributed by atoms with Gasteiger partial charge in [-0.2, -0.15) is 0 Å². The van der Waals surface area contributed by atoms with Gasteiger partial charge in [0.15, 0.2) is 0 Å². The van der Waals surface area contributed by atoms with Gasteiger partial charge >= 0.3 is 0 Å². The summed E-state index contributed by atoms with van der Waals surface area (Å²) in [4.78, 5) is 12.5. The molecule has 21 heavy (non-hydrogen) atoms. The third-order valence-electron chi connectivity index (χ3n) is 3.24. The molecule has 2 N–H and O–H groups in total. The van der Waals surface area contributed by atoms with Crippen LogP contribution in [0.15, 0.2) is 47.4 Å². The highest BCUT2D eigenvalue weighted by atomic mass is 32.2. The summed E-state index contributed by atoms with van der Waals surface area (Å²) in [5.41, 5.74) is 3.01. The van der Waals surface area contributed by atoms with Gasteiger partial charge in [0, 0.05) is 17.1 Å². The number of anilines is 2. The molecule has 0 radical (unpaired) electrons. The number of carbonyl (C=O) groups excluding carboxylic acids is 1. The molecule has 0 aliphatic carbocycles. The molecular formula is C16H16N2O2S. The average Bonchev–Trinajstić information content (AvgIpc) is 2.52. The summed E-state index contributed by atoms with van der Waals surface area (Å²) < 4.78 is 5.22. The number of hydrogen-bond donors (Lipinski definition) is 2. The van der Waals surface area contributed by atoms with E-state index in [9.17, 15) is 4.79 Å². The monoisotopic (exact) mass is 300 g/mol. The van der Waals surface area contributed by atoms with E-state index in [1.165, 1.54) is 0 Å². The molecule has 0 spiro atoms. The van der Waals surface area contributed by atoms with E-state index < -0.39 is 0 Å². The molecule has 0 saturated carbocycles. The molecule has 2 aromatic carbocycles. The number of carbonyl (C=O) groups is 1. The predicted molar refractivity (Wildman–Crippen MR) is 86.1 cm³/mol. The minimum absolute atomic E-state index is 0.0532. The fraction of sp³-hybridized carbons (Fsp3) is 0.188. The maximum absolute atomic E-state index is 11.4. The minimum Gasteiger partial charge on any atom is -0.497 e. The SMILES string of the molecule is COc1cccc(CNc2ccc3c(c2)NC(=O)CS3)c1. The number of methoxy groups -OCH3 is 1. The van der Waals surface area contributed by atoms with Crippen molar-refractivity contribution in [3.8, 4) is 5.75 Å². The van der Waals surface area contributed by atoms with E-state index in [4.69, 9.17) is 4.74 Å². The molecule has 0 saturated heterocycles. The van der Waals surface area contributed by atoms with Crippen molar-refractivity contribution < 1.29 is 9.53 Å². The second-order valence-electron chi connectivity index (χ2n) is 4.75. The van der Waals surface area contributed by atoms with E-state index in [1.54, 1.807) is 18.9 Å². The van der Waals surface area contributed by atoms with Gasteiger partial charge in [0.25, 0.3) is 0 Å². The Morgan fingerprint density at radius 2 is 2.19 bits per heavy atom. The molecule has 1 heterocycles. The Bertz CT molecular complexity index is 673. The van der Waals surface area contributed by atoms with Crippen LogP contribution in [0.5, 0.6) is 5.75 Å². The Labute approximate surface area is 127 Å². The zero-order chi connectivity index (χ0) is 14.7. The lowest BCUT2D eigenvalue weighted by atomic mass is 10.2. The molecule has 0 aromatic heterocycles. The van der Waals surface area contributed by atoms with E-state index in [1.807, 2.05) is 42.5 Å². The number of rotatable bonds is 4. The normalized spacial score (nSPS) is 13.3. The molecule has 0 bridgehead atoms. The lowest BCUT2D eigenvalue weighted by Crippen LogP contribution is -2.18. The summed E-state index contributed by atoms with van der Waals surface area (Å²) in [7, 11) is 1.66. The smallest absolute Gasteiger partial charge is 0.234 e. The van der Waals surface area contributed by atoms with E-state index >= 15 is 0 Å². The summed E-state index contributed by atoms with van der Waals surface area (Å²) >= 11 is 1.57. The molecule has 2 aromatic rings. The second kappa shape index (κ2) is 6.10. The summed E-state index contributed by atoms with van der Waals surface area (Å²) in [5.74, 6) is 1.39. The first-order valence-corrected chi connectivity index (χ1v) is 7.66. The van der Waals surface area contributed by atoms with Gasteiger partial charge < -0.3 is 15.4 Å². The lowest BCUT2D eigenvalue weighted by Gasteiger charge is -2.17. The van der Waals surface area contributed by atoms with Crippen LogP contribution in [0.25, 0.3) is 0 Å². The Kier molecular flexibility index (Phi) is 4.01. The molecule has 5 heteroatoms. The number of hydrogen-bond acceptors (Lipinski definition) is 4. The van der Waals surface area contributed by atoms with Crippen LogP contribution in [-0.2, 0) is 11.3 Å². The quantitative estimate of drug-likeness (QED) is 0.909. The van der Waals surface area contributed by atoms with Gasteiger partial charge in [-0.1, -0.05) is 12.1 Å². The zero-order valence-electron chi connectivity index (χ0n) is 11.7. The van der Waals surface area contributed by atoms with Crippen molar-refractivity contribution in [1.29, 1.82) is 0 Å². The van der Waals surface area contributed by atoms with Crippen molar-refractivity contribution in [3.63, 3.8) is 0 Å². The minimum atomic E-state index is 0.0532. The maximum atomic E-state index is 11.4. The number of benzene rings is 2. The van der Waals surface area contributed by atoms with E-state index in [0.29, 0.717) is 12.3 Å². The van der Waals surface area contributed by atoms with Gasteiger partial charge in [-0.3, -0.25) is 4.79 Å². The number of ether oxygens (including phenoxy) is 1. The Hall–Kier alpha value is -2.14. The van der Waals surface area contributed by atoms with Gasteiger partial charge in [-0.25, -0.2) is 0 Å². The van der Waals surface area contributed by atoms with E-state index in [-0.39, 0.29) is 5.91 Å². The second-order valence-corrected chi connectivity index (χ2v) is 5.77. The average molecular weight is 300 g/mol. The van der Waals surface area contributed by atoms with Crippen LogP contribution in [0.4, 0.5) is 11.4 Å². The van der Waals surface area contributed by atoms with E-state index in [0.717, 1.165) is 27.6 Å². The summed E-state index contributed by atoms with van der Waals surface area (Å²) in [6.45, 7) is 0.705. The highest BCUT2D eigenvalue weighted by molar-refractivity contribution is 8.00. The van der Waals surface area contributed by atoms with Crippen LogP contribution >= 0.6 is 11.8 Å². The molecule has 0 fully saturated rings. The van der Waals surface area contributed by atoms with Crippen LogP contribution in [0, 0.1) is 0 Å². The first kappa shape index (κ1) is 13.8. The van der Waals surface area contributed by atoms with Crippen LogP contribution in [-0.4, -0.2) is 18.8 Å². The molecule has 1 aliphatic heterocycles. The van der Waals surface area contributed by atoms with Crippen LogP contribution in [0.1, 0.15) is 5.56 Å². The fourth-order valence-corrected chi connectivity index (χ4v) is 2.97. The van der Waals surface area contributed by atoms with Crippen molar-refractivity contribution in [2.24, 2.45) is 0 Å². The highest BCUT2D eigenvalue weighted by Crippen LogP contribution is 2.33. The zero-order valence-corrected chi connectivity index (χ0v) is 12.5. The van der Waals surface area contributed by atoms with Gasteiger partial charge in [0.05, 0.1) is 18.6 Å². The number of fused-ring (bicyclic) bond motifs is 1. The van der Waals surface area contributed by atoms with Crippen molar-refractivity contribution in [2.45, 2.75) is 11.4 Å². The summed E-state index contributed by atoms with van der Waals surface area (Å²) in [6.07, 6.45) is 0. The molecule has 1 amide bonds. The molecule has 3 rings (SSSR count). The lowest BCUT2D eigenvalue weighted by molar-refractivity contribution is -0.113.